The number of nitrogens with one attached hydrogen (secondary N) is 1. The van der Waals surface area contributed by atoms with E-state index >= 15 is 8.78 Å². The highest BCUT2D eigenvalue weighted by molar-refractivity contribution is 5.81. The van der Waals surface area contributed by atoms with Crippen molar-refractivity contribution in [3.63, 3.8) is 0 Å². The molecule has 2 aromatic carbocycles. The number of amides is 1. The predicted molar refractivity (Wildman–Crippen MR) is 133 cm³/mol. The van der Waals surface area contributed by atoms with Crippen molar-refractivity contribution in [3.8, 4) is 11.1 Å². The van der Waals surface area contributed by atoms with E-state index in [4.69, 9.17) is 0 Å². The van der Waals surface area contributed by atoms with Gasteiger partial charge in [-0.1, -0.05) is 18.2 Å². The molecule has 0 radical (unpaired) electrons. The Morgan fingerprint density at radius 2 is 1.75 bits per heavy atom. The van der Waals surface area contributed by atoms with Gasteiger partial charge in [0.1, 0.15) is 17.7 Å². The third kappa shape index (κ3) is 5.92. The van der Waals surface area contributed by atoms with Gasteiger partial charge in [0.15, 0.2) is 0 Å². The summed E-state index contributed by atoms with van der Waals surface area (Å²) in [7, 11) is 0. The van der Waals surface area contributed by atoms with Gasteiger partial charge in [-0.2, -0.15) is 0 Å². The summed E-state index contributed by atoms with van der Waals surface area (Å²) in [5.74, 6) is -4.83. The van der Waals surface area contributed by atoms with Crippen LogP contribution in [-0.4, -0.2) is 65.9 Å². The smallest absolute Gasteiger partial charge is 0.269 e. The zero-order chi connectivity index (χ0) is 26.0. The second-order valence-corrected chi connectivity index (χ2v) is 10.4. The van der Waals surface area contributed by atoms with Gasteiger partial charge >= 0.3 is 0 Å². The zero-order valence-corrected chi connectivity index (χ0v) is 21.2. The summed E-state index contributed by atoms with van der Waals surface area (Å²) in [5, 5.41) is 2.68. The minimum absolute atomic E-state index is 0.0854. The fraction of sp³-hybridized carbons (Fsp3) is 0.536. The van der Waals surface area contributed by atoms with Crippen molar-refractivity contribution < 1.29 is 22.4 Å². The maximum atomic E-state index is 15.1. The Kier molecular flexibility index (Phi) is 8.05. The lowest BCUT2D eigenvalue weighted by atomic mass is 9.85. The molecule has 0 aromatic heterocycles. The van der Waals surface area contributed by atoms with Crippen molar-refractivity contribution in [1.29, 1.82) is 0 Å². The summed E-state index contributed by atoms with van der Waals surface area (Å²) in [6.07, 6.45) is 0.736. The molecule has 0 spiro atoms. The number of rotatable bonds is 6. The number of hydrogen-bond donors (Lipinski definition) is 1. The van der Waals surface area contributed by atoms with Gasteiger partial charge in [-0.15, -0.1) is 0 Å². The molecule has 4 nitrogen and oxygen atoms in total. The molecule has 1 amide bonds. The predicted octanol–water partition coefficient (Wildman–Crippen LogP) is 5.18. The van der Waals surface area contributed by atoms with Crippen LogP contribution in [-0.2, 0) is 11.2 Å². The van der Waals surface area contributed by atoms with Crippen molar-refractivity contribution in [2.75, 3.05) is 26.2 Å². The van der Waals surface area contributed by atoms with Gasteiger partial charge in [-0.05, 0) is 68.0 Å². The Hall–Kier alpha value is -2.45. The quantitative estimate of drug-likeness (QED) is 0.550. The molecule has 4 rings (SSSR count). The van der Waals surface area contributed by atoms with Crippen molar-refractivity contribution in [3.05, 3.63) is 59.2 Å². The molecule has 2 aliphatic rings. The largest absolute Gasteiger partial charge is 0.345 e. The Labute approximate surface area is 210 Å². The summed E-state index contributed by atoms with van der Waals surface area (Å²) in [6.45, 7) is 9.10. The second kappa shape index (κ2) is 10.9. The Bertz CT molecular complexity index is 1060. The van der Waals surface area contributed by atoms with Crippen LogP contribution in [0, 0.1) is 18.6 Å². The lowest BCUT2D eigenvalue weighted by Crippen LogP contribution is -2.64. The van der Waals surface area contributed by atoms with Crippen LogP contribution < -0.4 is 5.32 Å². The molecule has 2 atom stereocenters. The van der Waals surface area contributed by atoms with E-state index < -0.39 is 35.5 Å². The van der Waals surface area contributed by atoms with Crippen LogP contribution in [0.25, 0.3) is 11.1 Å². The molecular formula is C28H35F4N3O. The van der Waals surface area contributed by atoms with Crippen molar-refractivity contribution >= 4 is 5.91 Å². The standard InChI is InChI=1S/C28H35F4N3O/c1-18(2)34-10-12-35(13-11-34)25-8-5-9-28(31,32)27(25)33-26(36)16-20-6-4-7-24(19(20)3)21-14-22(29)17-23(30)15-21/h4,6-7,14-15,17-18,25,27H,5,8-13,16H2,1-3H3,(H,33,36)/t25-,27+/m0/s1. The number of alkyl halides is 2. The van der Waals surface area contributed by atoms with E-state index in [-0.39, 0.29) is 12.8 Å². The number of halogens is 4. The van der Waals surface area contributed by atoms with Gasteiger partial charge in [0, 0.05) is 50.7 Å². The normalized spacial score (nSPS) is 23.1. The molecule has 1 N–H and O–H groups in total. The van der Waals surface area contributed by atoms with E-state index in [9.17, 15) is 13.6 Å². The number of carbonyl (C=O) groups is 1. The number of hydrogen-bond acceptors (Lipinski definition) is 3. The van der Waals surface area contributed by atoms with Crippen LogP contribution in [0.15, 0.2) is 36.4 Å². The highest BCUT2D eigenvalue weighted by Crippen LogP contribution is 2.36. The Morgan fingerprint density at radius 1 is 1.08 bits per heavy atom. The van der Waals surface area contributed by atoms with E-state index in [0.717, 1.165) is 19.2 Å². The summed E-state index contributed by atoms with van der Waals surface area (Å²) in [5.41, 5.74) is 2.29. The third-order valence-corrected chi connectivity index (χ3v) is 7.68. The topological polar surface area (TPSA) is 35.6 Å². The Morgan fingerprint density at radius 3 is 2.39 bits per heavy atom. The highest BCUT2D eigenvalue weighted by Gasteiger charge is 2.49. The zero-order valence-electron chi connectivity index (χ0n) is 21.2. The second-order valence-electron chi connectivity index (χ2n) is 10.4. The summed E-state index contributed by atoms with van der Waals surface area (Å²) in [6, 6.07) is 7.23. The SMILES string of the molecule is Cc1c(CC(=O)N[C@@H]2[C@@H](N3CCN(C(C)C)CC3)CCCC2(F)F)cccc1-c1cc(F)cc(F)c1. The average Bonchev–Trinajstić information content (AvgIpc) is 2.81. The van der Waals surface area contributed by atoms with E-state index in [1.807, 2.05) is 0 Å². The fourth-order valence-corrected chi connectivity index (χ4v) is 5.63. The molecule has 1 saturated carbocycles. The van der Waals surface area contributed by atoms with E-state index in [1.165, 1.54) is 12.1 Å². The molecule has 0 bridgehead atoms. The van der Waals surface area contributed by atoms with Gasteiger partial charge in [0.05, 0.1) is 6.42 Å². The molecule has 1 aliphatic heterocycles. The third-order valence-electron chi connectivity index (χ3n) is 7.68. The minimum Gasteiger partial charge on any atom is -0.345 e. The minimum atomic E-state index is -2.98. The van der Waals surface area contributed by atoms with Crippen LogP contribution in [0.2, 0.25) is 0 Å². The number of carbonyl (C=O) groups excluding carboxylic acids is 1. The first kappa shape index (κ1) is 26.6. The lowest BCUT2D eigenvalue weighted by molar-refractivity contribution is -0.133. The Balaban J connectivity index is 1.49. The number of nitrogens with zero attached hydrogens (tertiary/aromatic N) is 2. The summed E-state index contributed by atoms with van der Waals surface area (Å²) < 4.78 is 57.7. The van der Waals surface area contributed by atoms with Crippen molar-refractivity contribution in [1.82, 2.24) is 15.1 Å². The first-order valence-corrected chi connectivity index (χ1v) is 12.8. The maximum absolute atomic E-state index is 15.1. The molecule has 2 fully saturated rings. The van der Waals surface area contributed by atoms with E-state index in [2.05, 4.69) is 29.0 Å². The molecule has 0 unspecified atom stereocenters. The maximum Gasteiger partial charge on any atom is 0.269 e. The van der Waals surface area contributed by atoms with Crippen LogP contribution in [0.5, 0.6) is 0 Å². The molecule has 1 saturated heterocycles. The first-order valence-electron chi connectivity index (χ1n) is 12.8. The number of piperazine rings is 1. The first-order chi connectivity index (χ1) is 17.0. The summed E-state index contributed by atoms with van der Waals surface area (Å²) in [4.78, 5) is 17.5. The van der Waals surface area contributed by atoms with Crippen molar-refractivity contribution in [2.24, 2.45) is 0 Å². The van der Waals surface area contributed by atoms with Gasteiger partial charge in [0.2, 0.25) is 5.91 Å². The lowest BCUT2D eigenvalue weighted by Gasteiger charge is -2.47. The summed E-state index contributed by atoms with van der Waals surface area (Å²) >= 11 is 0. The van der Waals surface area contributed by atoms with E-state index in [0.29, 0.717) is 54.2 Å². The van der Waals surface area contributed by atoms with Crippen molar-refractivity contribution in [2.45, 2.75) is 70.5 Å². The molecule has 36 heavy (non-hydrogen) atoms. The van der Waals surface area contributed by atoms with Gasteiger partial charge in [-0.25, -0.2) is 17.6 Å². The molecule has 1 aliphatic carbocycles. The van der Waals surface area contributed by atoms with Gasteiger partial charge < -0.3 is 5.32 Å². The molecule has 8 heteroatoms. The van der Waals surface area contributed by atoms with Crippen LogP contribution in [0.4, 0.5) is 17.6 Å². The van der Waals surface area contributed by atoms with Crippen LogP contribution in [0.3, 0.4) is 0 Å². The molecule has 196 valence electrons. The van der Waals surface area contributed by atoms with Gasteiger partial charge in [-0.3, -0.25) is 14.6 Å². The molecule has 2 aromatic rings. The average molecular weight is 506 g/mol. The monoisotopic (exact) mass is 505 g/mol. The molecular weight excluding hydrogens is 470 g/mol. The van der Waals surface area contributed by atoms with Crippen LogP contribution in [0.1, 0.15) is 44.2 Å². The molecule has 1 heterocycles. The fourth-order valence-electron chi connectivity index (χ4n) is 5.63. The van der Waals surface area contributed by atoms with Crippen LogP contribution >= 0.6 is 0 Å². The highest BCUT2D eigenvalue weighted by atomic mass is 19.3. The number of benzene rings is 2. The van der Waals surface area contributed by atoms with E-state index in [1.54, 1.807) is 25.1 Å². The van der Waals surface area contributed by atoms with Gasteiger partial charge in [0.25, 0.3) is 5.92 Å².